The maximum Gasteiger partial charge on any atom is 0.294 e. The van der Waals surface area contributed by atoms with Gasteiger partial charge in [0, 0.05) is 24.7 Å². The average molecular weight is 330 g/mol. The molecule has 1 aliphatic carbocycles. The zero-order valence-corrected chi connectivity index (χ0v) is 13.0. The van der Waals surface area contributed by atoms with E-state index >= 15 is 0 Å². The van der Waals surface area contributed by atoms with E-state index in [-0.39, 0.29) is 15.6 Å². The number of nitro benzene ring substituents is 1. The number of nitrogens with one attached hydrogen (secondary N) is 1. The number of benzene rings is 1. The van der Waals surface area contributed by atoms with Crippen LogP contribution in [-0.2, 0) is 0 Å². The van der Waals surface area contributed by atoms with Crippen LogP contribution in [0.5, 0.6) is 0 Å². The highest BCUT2D eigenvalue weighted by molar-refractivity contribution is 6.42. The molecule has 1 aromatic rings. The van der Waals surface area contributed by atoms with Gasteiger partial charge in [-0.05, 0) is 38.3 Å². The molecule has 0 amide bonds. The number of rotatable bonds is 5. The molecule has 2 fully saturated rings. The van der Waals surface area contributed by atoms with Crippen LogP contribution >= 0.6 is 23.2 Å². The van der Waals surface area contributed by atoms with Crippen LogP contribution in [0.4, 0.5) is 11.4 Å². The molecule has 21 heavy (non-hydrogen) atoms. The molecule has 1 N–H and O–H groups in total. The molecule has 1 aromatic carbocycles. The first-order valence-electron chi connectivity index (χ1n) is 7.19. The fourth-order valence-corrected chi connectivity index (χ4v) is 3.20. The first-order chi connectivity index (χ1) is 10.1. The van der Waals surface area contributed by atoms with Gasteiger partial charge in [0.1, 0.15) is 5.69 Å². The smallest absolute Gasteiger partial charge is 0.294 e. The zero-order valence-electron chi connectivity index (χ0n) is 11.5. The van der Waals surface area contributed by atoms with Crippen LogP contribution in [0.25, 0.3) is 0 Å². The van der Waals surface area contributed by atoms with Gasteiger partial charge in [0.15, 0.2) is 0 Å². The second kappa shape index (κ2) is 5.99. The molecule has 114 valence electrons. The van der Waals surface area contributed by atoms with E-state index in [2.05, 4.69) is 10.2 Å². The molecule has 1 saturated carbocycles. The second-order valence-corrected chi connectivity index (χ2v) is 6.50. The van der Waals surface area contributed by atoms with Gasteiger partial charge in [-0.2, -0.15) is 0 Å². The lowest BCUT2D eigenvalue weighted by Gasteiger charge is -2.28. The van der Waals surface area contributed by atoms with Crippen molar-refractivity contribution in [3.8, 4) is 0 Å². The molecule has 0 spiro atoms. The zero-order chi connectivity index (χ0) is 15.0. The van der Waals surface area contributed by atoms with Crippen molar-refractivity contribution in [2.75, 3.05) is 18.0 Å². The van der Waals surface area contributed by atoms with Crippen LogP contribution in [0.2, 0.25) is 10.0 Å². The monoisotopic (exact) mass is 329 g/mol. The van der Waals surface area contributed by atoms with Crippen molar-refractivity contribution < 1.29 is 4.92 Å². The van der Waals surface area contributed by atoms with Crippen molar-refractivity contribution in [1.29, 1.82) is 0 Å². The Kier molecular flexibility index (Phi) is 4.24. The standard InChI is InChI=1S/C14H17Cl2N3O2/c15-11-6-13(14(19(20)21)7-12(11)16)18(10-3-4-10)8-9-2-1-5-17-9/h6-7,9-10,17H,1-5,8H2. The first-order valence-corrected chi connectivity index (χ1v) is 7.95. The Morgan fingerprint density at radius 3 is 2.57 bits per heavy atom. The number of hydrogen-bond donors (Lipinski definition) is 1. The summed E-state index contributed by atoms with van der Waals surface area (Å²) in [5.41, 5.74) is 0.625. The molecule has 0 radical (unpaired) electrons. The van der Waals surface area contributed by atoms with Crippen molar-refractivity contribution >= 4 is 34.6 Å². The summed E-state index contributed by atoms with van der Waals surface area (Å²) in [4.78, 5) is 13.1. The van der Waals surface area contributed by atoms with E-state index in [1.54, 1.807) is 6.07 Å². The molecule has 1 unspecified atom stereocenters. The third kappa shape index (κ3) is 3.25. The van der Waals surface area contributed by atoms with Gasteiger partial charge in [-0.1, -0.05) is 23.2 Å². The van der Waals surface area contributed by atoms with E-state index in [4.69, 9.17) is 23.2 Å². The minimum atomic E-state index is -0.380. The average Bonchev–Trinajstić information content (AvgIpc) is 3.15. The third-order valence-corrected chi connectivity index (χ3v) is 4.81. The molecule has 3 rings (SSSR count). The number of nitrogens with zero attached hydrogens (tertiary/aromatic N) is 2. The number of hydrogen-bond acceptors (Lipinski definition) is 4. The van der Waals surface area contributed by atoms with Crippen molar-refractivity contribution in [3.05, 3.63) is 32.3 Å². The summed E-state index contributed by atoms with van der Waals surface area (Å²) in [6, 6.07) is 3.76. The Labute approximate surface area is 133 Å². The topological polar surface area (TPSA) is 58.4 Å². The van der Waals surface area contributed by atoms with E-state index in [0.717, 1.165) is 38.8 Å². The Bertz CT molecular complexity index is 557. The molecule has 1 atom stereocenters. The number of nitro groups is 1. The maximum absolute atomic E-state index is 11.3. The summed E-state index contributed by atoms with van der Waals surface area (Å²) < 4.78 is 0. The fourth-order valence-electron chi connectivity index (χ4n) is 2.88. The van der Waals surface area contributed by atoms with E-state index in [9.17, 15) is 10.1 Å². The van der Waals surface area contributed by atoms with Gasteiger partial charge in [-0.15, -0.1) is 0 Å². The maximum atomic E-state index is 11.3. The molecule has 5 nitrogen and oxygen atoms in total. The van der Waals surface area contributed by atoms with Gasteiger partial charge >= 0.3 is 0 Å². The normalized spacial score (nSPS) is 21.5. The minimum Gasteiger partial charge on any atom is -0.361 e. The van der Waals surface area contributed by atoms with Crippen LogP contribution in [0.15, 0.2) is 12.1 Å². The van der Waals surface area contributed by atoms with E-state index in [1.807, 2.05) is 0 Å². The van der Waals surface area contributed by atoms with Crippen LogP contribution in [0.1, 0.15) is 25.7 Å². The highest BCUT2D eigenvalue weighted by Gasteiger charge is 2.35. The van der Waals surface area contributed by atoms with Gasteiger partial charge in [0.2, 0.25) is 0 Å². The van der Waals surface area contributed by atoms with Gasteiger partial charge in [0.05, 0.1) is 15.0 Å². The van der Waals surface area contributed by atoms with Gasteiger partial charge in [0.25, 0.3) is 5.69 Å². The van der Waals surface area contributed by atoms with Gasteiger partial charge in [-0.25, -0.2) is 0 Å². The van der Waals surface area contributed by atoms with Crippen molar-refractivity contribution in [2.45, 2.75) is 37.8 Å². The molecule has 0 bridgehead atoms. The molecule has 1 saturated heterocycles. The van der Waals surface area contributed by atoms with Crippen molar-refractivity contribution in [1.82, 2.24) is 5.32 Å². The van der Waals surface area contributed by atoms with E-state index in [1.165, 1.54) is 6.07 Å². The Morgan fingerprint density at radius 1 is 1.29 bits per heavy atom. The third-order valence-electron chi connectivity index (χ3n) is 4.09. The van der Waals surface area contributed by atoms with Gasteiger partial charge in [-0.3, -0.25) is 10.1 Å². The molecule has 7 heteroatoms. The molecular formula is C14H17Cl2N3O2. The summed E-state index contributed by atoms with van der Waals surface area (Å²) >= 11 is 12.0. The molecule has 1 heterocycles. The lowest BCUT2D eigenvalue weighted by Crippen LogP contribution is -2.39. The summed E-state index contributed by atoms with van der Waals surface area (Å²) in [5, 5.41) is 15.4. The number of anilines is 1. The van der Waals surface area contributed by atoms with E-state index in [0.29, 0.717) is 22.8 Å². The molecular weight excluding hydrogens is 313 g/mol. The largest absolute Gasteiger partial charge is 0.361 e. The summed E-state index contributed by atoms with van der Waals surface area (Å²) in [6.45, 7) is 1.80. The predicted molar refractivity (Wildman–Crippen MR) is 84.5 cm³/mol. The lowest BCUT2D eigenvalue weighted by molar-refractivity contribution is -0.384. The Balaban J connectivity index is 1.94. The summed E-state index contributed by atoms with van der Waals surface area (Å²) in [6.07, 6.45) is 4.42. The molecule has 1 aliphatic heterocycles. The summed E-state index contributed by atoms with van der Waals surface area (Å²) in [5.74, 6) is 0. The Hall–Kier alpha value is -1.04. The van der Waals surface area contributed by atoms with Crippen LogP contribution in [0.3, 0.4) is 0 Å². The summed E-state index contributed by atoms with van der Waals surface area (Å²) in [7, 11) is 0. The minimum absolute atomic E-state index is 0.0364. The number of halogens is 2. The Morgan fingerprint density at radius 2 is 2.00 bits per heavy atom. The highest BCUT2D eigenvalue weighted by Crippen LogP contribution is 2.41. The fraction of sp³-hybridized carbons (Fsp3) is 0.571. The lowest BCUT2D eigenvalue weighted by atomic mass is 10.1. The molecule has 2 aliphatic rings. The van der Waals surface area contributed by atoms with Crippen molar-refractivity contribution in [3.63, 3.8) is 0 Å². The highest BCUT2D eigenvalue weighted by atomic mass is 35.5. The van der Waals surface area contributed by atoms with Crippen LogP contribution in [0, 0.1) is 10.1 Å². The molecule has 0 aromatic heterocycles. The predicted octanol–water partition coefficient (Wildman–Crippen LogP) is 3.62. The van der Waals surface area contributed by atoms with Gasteiger partial charge < -0.3 is 10.2 Å². The van der Waals surface area contributed by atoms with Crippen LogP contribution in [-0.4, -0.2) is 30.1 Å². The van der Waals surface area contributed by atoms with Crippen LogP contribution < -0.4 is 10.2 Å². The van der Waals surface area contributed by atoms with E-state index < -0.39 is 0 Å². The first kappa shape index (κ1) is 14.9. The SMILES string of the molecule is O=[N+]([O-])c1cc(Cl)c(Cl)cc1N(CC1CCCN1)C1CC1. The van der Waals surface area contributed by atoms with Crippen molar-refractivity contribution in [2.24, 2.45) is 0 Å². The quantitative estimate of drug-likeness (QED) is 0.662. The second-order valence-electron chi connectivity index (χ2n) is 5.69.